The van der Waals surface area contributed by atoms with E-state index in [4.69, 9.17) is 5.73 Å². The van der Waals surface area contributed by atoms with Gasteiger partial charge in [0.15, 0.2) is 0 Å². The van der Waals surface area contributed by atoms with Gasteiger partial charge in [0.1, 0.15) is 0 Å². The van der Waals surface area contributed by atoms with Crippen molar-refractivity contribution in [1.29, 1.82) is 0 Å². The van der Waals surface area contributed by atoms with Crippen LogP contribution in [-0.4, -0.2) is 18.0 Å². The molecule has 0 heterocycles. The Morgan fingerprint density at radius 1 is 1.24 bits per heavy atom. The Morgan fingerprint density at radius 3 is 2.35 bits per heavy atom. The molecular formula is C14H22N2O. The maximum Gasteiger partial charge on any atom is 0.240 e. The van der Waals surface area contributed by atoms with Gasteiger partial charge in [-0.2, -0.15) is 0 Å². The van der Waals surface area contributed by atoms with Crippen LogP contribution in [0.15, 0.2) is 30.3 Å². The molecule has 0 bridgehead atoms. The number of carbonyl (C=O) groups excluding carboxylic acids is 1. The number of benzene rings is 1. The summed E-state index contributed by atoms with van der Waals surface area (Å²) in [5.41, 5.74) is 6.52. The average Bonchev–Trinajstić information content (AvgIpc) is 2.39. The first-order valence-corrected chi connectivity index (χ1v) is 6.23. The first-order chi connectivity index (χ1) is 8.12. The average molecular weight is 234 g/mol. The number of nitrogens with one attached hydrogen (secondary N) is 1. The minimum Gasteiger partial charge on any atom is -0.354 e. The smallest absolute Gasteiger partial charge is 0.240 e. The summed E-state index contributed by atoms with van der Waals surface area (Å²) in [5.74, 6) is -0.0431. The molecule has 1 aromatic rings. The highest BCUT2D eigenvalue weighted by atomic mass is 16.2. The molecule has 1 amide bonds. The van der Waals surface area contributed by atoms with Gasteiger partial charge in [-0.3, -0.25) is 4.79 Å². The van der Waals surface area contributed by atoms with E-state index in [1.54, 1.807) is 0 Å². The van der Waals surface area contributed by atoms with E-state index in [1.165, 1.54) is 5.56 Å². The van der Waals surface area contributed by atoms with E-state index in [2.05, 4.69) is 17.4 Å². The lowest BCUT2D eigenvalue weighted by atomic mass is 9.93. The van der Waals surface area contributed by atoms with Crippen molar-refractivity contribution in [2.75, 3.05) is 6.54 Å². The molecule has 0 atom stereocenters. The Labute approximate surface area is 103 Å². The molecule has 0 saturated carbocycles. The molecule has 94 valence electrons. The van der Waals surface area contributed by atoms with Gasteiger partial charge in [-0.25, -0.2) is 0 Å². The van der Waals surface area contributed by atoms with Crippen LogP contribution in [0.25, 0.3) is 0 Å². The summed E-state index contributed by atoms with van der Waals surface area (Å²) in [7, 11) is 0. The molecule has 3 heteroatoms. The van der Waals surface area contributed by atoms with Gasteiger partial charge >= 0.3 is 0 Å². The van der Waals surface area contributed by atoms with Crippen LogP contribution in [0.3, 0.4) is 0 Å². The van der Waals surface area contributed by atoms with Crippen molar-refractivity contribution >= 4 is 5.91 Å². The monoisotopic (exact) mass is 234 g/mol. The highest BCUT2D eigenvalue weighted by Gasteiger charge is 2.29. The number of carbonyl (C=O) groups is 1. The van der Waals surface area contributed by atoms with Crippen molar-refractivity contribution < 1.29 is 4.79 Å². The van der Waals surface area contributed by atoms with E-state index in [9.17, 15) is 4.79 Å². The molecule has 0 spiro atoms. The fourth-order valence-corrected chi connectivity index (χ4v) is 1.71. The van der Waals surface area contributed by atoms with Crippen molar-refractivity contribution in [1.82, 2.24) is 5.32 Å². The highest BCUT2D eigenvalue weighted by molar-refractivity contribution is 5.85. The Kier molecular flexibility index (Phi) is 5.16. The molecule has 0 aliphatic rings. The van der Waals surface area contributed by atoms with Crippen molar-refractivity contribution in [3.8, 4) is 0 Å². The van der Waals surface area contributed by atoms with E-state index in [0.29, 0.717) is 19.4 Å². The minimum absolute atomic E-state index is 0.0431. The molecule has 3 N–H and O–H groups in total. The van der Waals surface area contributed by atoms with Gasteiger partial charge in [-0.1, -0.05) is 44.2 Å². The van der Waals surface area contributed by atoms with Gasteiger partial charge in [0.25, 0.3) is 0 Å². The van der Waals surface area contributed by atoms with Crippen LogP contribution in [0.5, 0.6) is 0 Å². The maximum atomic E-state index is 11.9. The van der Waals surface area contributed by atoms with Gasteiger partial charge in [0.05, 0.1) is 5.54 Å². The summed E-state index contributed by atoms with van der Waals surface area (Å²) in [5, 5.41) is 2.91. The zero-order chi connectivity index (χ0) is 12.7. The number of hydrogen-bond donors (Lipinski definition) is 2. The molecule has 1 aromatic carbocycles. The van der Waals surface area contributed by atoms with Gasteiger partial charge in [-0.15, -0.1) is 0 Å². The van der Waals surface area contributed by atoms with Crippen LogP contribution < -0.4 is 11.1 Å². The molecule has 0 saturated heterocycles. The third-order valence-corrected chi connectivity index (χ3v) is 3.26. The van der Waals surface area contributed by atoms with E-state index in [-0.39, 0.29) is 5.91 Å². The Bertz CT molecular complexity index is 344. The lowest BCUT2D eigenvalue weighted by Crippen LogP contribution is -2.53. The van der Waals surface area contributed by atoms with E-state index in [0.717, 1.165) is 6.42 Å². The first kappa shape index (κ1) is 13.7. The van der Waals surface area contributed by atoms with Gasteiger partial charge in [-0.05, 0) is 24.8 Å². The second kappa shape index (κ2) is 6.40. The summed E-state index contributed by atoms with van der Waals surface area (Å²) in [6.45, 7) is 4.53. The summed E-state index contributed by atoms with van der Waals surface area (Å²) >= 11 is 0. The third-order valence-electron chi connectivity index (χ3n) is 3.26. The lowest BCUT2D eigenvalue weighted by Gasteiger charge is -2.25. The summed E-state index contributed by atoms with van der Waals surface area (Å²) in [4.78, 5) is 11.9. The SMILES string of the molecule is CCC(N)(CC)C(=O)NCCc1ccccc1. The van der Waals surface area contributed by atoms with E-state index >= 15 is 0 Å². The minimum atomic E-state index is -0.712. The molecule has 0 fully saturated rings. The molecule has 3 nitrogen and oxygen atoms in total. The normalized spacial score (nSPS) is 11.2. The maximum absolute atomic E-state index is 11.9. The van der Waals surface area contributed by atoms with Crippen LogP contribution in [0.2, 0.25) is 0 Å². The van der Waals surface area contributed by atoms with Gasteiger partial charge in [0, 0.05) is 6.54 Å². The highest BCUT2D eigenvalue weighted by Crippen LogP contribution is 2.10. The molecule has 0 unspecified atom stereocenters. The van der Waals surface area contributed by atoms with Crippen molar-refractivity contribution in [3.05, 3.63) is 35.9 Å². The van der Waals surface area contributed by atoms with Crippen LogP contribution >= 0.6 is 0 Å². The third kappa shape index (κ3) is 3.86. The quantitative estimate of drug-likeness (QED) is 0.789. The number of amides is 1. The lowest BCUT2D eigenvalue weighted by molar-refractivity contribution is -0.126. The molecule has 17 heavy (non-hydrogen) atoms. The predicted molar refractivity (Wildman–Crippen MR) is 70.7 cm³/mol. The Balaban J connectivity index is 2.39. The summed E-state index contributed by atoms with van der Waals surface area (Å²) in [6.07, 6.45) is 2.18. The largest absolute Gasteiger partial charge is 0.354 e. The standard InChI is InChI=1S/C14H22N2O/c1-3-14(15,4-2)13(17)16-11-10-12-8-6-5-7-9-12/h5-9H,3-4,10-11,15H2,1-2H3,(H,16,17). The van der Waals surface area contributed by atoms with E-state index in [1.807, 2.05) is 32.0 Å². The van der Waals surface area contributed by atoms with Crippen LogP contribution in [0, 0.1) is 0 Å². The second-order valence-corrected chi connectivity index (χ2v) is 4.35. The summed E-state index contributed by atoms with van der Waals surface area (Å²) < 4.78 is 0. The van der Waals surface area contributed by atoms with Crippen molar-refractivity contribution in [2.45, 2.75) is 38.6 Å². The van der Waals surface area contributed by atoms with E-state index < -0.39 is 5.54 Å². The molecule has 0 aliphatic carbocycles. The zero-order valence-electron chi connectivity index (χ0n) is 10.7. The fraction of sp³-hybridized carbons (Fsp3) is 0.500. The van der Waals surface area contributed by atoms with Gasteiger partial charge in [0.2, 0.25) is 5.91 Å². The van der Waals surface area contributed by atoms with Crippen molar-refractivity contribution in [3.63, 3.8) is 0 Å². The Hall–Kier alpha value is -1.35. The number of nitrogens with two attached hydrogens (primary N) is 1. The predicted octanol–water partition coefficient (Wildman–Crippen LogP) is 1.86. The van der Waals surface area contributed by atoms with Crippen LogP contribution in [-0.2, 0) is 11.2 Å². The molecule has 0 aliphatic heterocycles. The fourth-order valence-electron chi connectivity index (χ4n) is 1.71. The number of rotatable bonds is 6. The summed E-state index contributed by atoms with van der Waals surface area (Å²) in [6, 6.07) is 10.1. The van der Waals surface area contributed by atoms with Crippen molar-refractivity contribution in [2.24, 2.45) is 5.73 Å². The molecular weight excluding hydrogens is 212 g/mol. The topological polar surface area (TPSA) is 55.1 Å². The second-order valence-electron chi connectivity index (χ2n) is 4.35. The first-order valence-electron chi connectivity index (χ1n) is 6.23. The molecule has 1 rings (SSSR count). The van der Waals surface area contributed by atoms with Gasteiger partial charge < -0.3 is 11.1 Å². The molecule has 0 radical (unpaired) electrons. The number of hydrogen-bond acceptors (Lipinski definition) is 2. The zero-order valence-corrected chi connectivity index (χ0v) is 10.7. The Morgan fingerprint density at radius 2 is 1.82 bits per heavy atom. The van der Waals surface area contributed by atoms with Crippen LogP contribution in [0.4, 0.5) is 0 Å². The molecule has 0 aromatic heterocycles. The van der Waals surface area contributed by atoms with Crippen LogP contribution in [0.1, 0.15) is 32.3 Å².